The van der Waals surface area contributed by atoms with Gasteiger partial charge in [-0.3, -0.25) is 0 Å². The lowest BCUT2D eigenvalue weighted by Crippen LogP contribution is -2.28. The SMILES string of the molecule is [2H]c1c([2H])c([2H])c(-c2nc(-c3c([2H])c([2H])c([2H])c([2H])c3[2H])nc(-c3c([2H])c([2H])c([2H])c([2H])c3-c3c([2H])c([2H])c([2H])c(-c4ccc5c(c4)C4(c6ccccc6-5)C([2H])([2H])CCCC4([2H])[2H])c3[2H])n2)c([2H])c1[2H]. The lowest BCUT2D eigenvalue weighted by Gasteiger charge is -2.36. The normalized spacial score (nSPS) is 23.0. The minimum atomic E-state index is -2.16. The Morgan fingerprint density at radius 3 is 1.77 bits per heavy atom. The van der Waals surface area contributed by atoms with E-state index in [9.17, 15) is 12.3 Å². The van der Waals surface area contributed by atoms with Gasteiger partial charge in [-0.1, -0.05) is 158 Å². The van der Waals surface area contributed by atoms with E-state index in [4.69, 9.17) is 17.8 Å². The highest BCUT2D eigenvalue weighted by Crippen LogP contribution is 2.56. The summed E-state index contributed by atoms with van der Waals surface area (Å²) in [6.07, 6.45) is -4.05. The molecule has 3 heteroatoms. The van der Waals surface area contributed by atoms with Gasteiger partial charge in [0.25, 0.3) is 0 Å². The van der Waals surface area contributed by atoms with Gasteiger partial charge in [-0.25, -0.2) is 15.0 Å². The zero-order chi connectivity index (χ0) is 51.2. The van der Waals surface area contributed by atoms with Gasteiger partial charge in [0, 0.05) is 27.6 Å². The van der Waals surface area contributed by atoms with Crippen molar-refractivity contribution in [1.82, 2.24) is 15.0 Å². The Balaban J connectivity index is 1.38. The molecule has 2 aliphatic rings. The molecule has 0 aliphatic heterocycles. The molecule has 0 atom stereocenters. The summed E-state index contributed by atoms with van der Waals surface area (Å²) in [6, 6.07) is -3.74. The first kappa shape index (κ1) is 13.8. The van der Waals surface area contributed by atoms with Gasteiger partial charge in [0.15, 0.2) is 17.5 Å². The number of hydrogen-bond donors (Lipinski definition) is 0. The zero-order valence-corrected chi connectivity index (χ0v) is 25.0. The molecular weight excluding hydrogens is 583 g/mol. The van der Waals surface area contributed by atoms with E-state index in [-0.39, 0.29) is 36.0 Å². The molecule has 1 saturated carbocycles. The number of benzene rings is 6. The first-order chi connectivity index (χ1) is 32.7. The molecule has 0 amide bonds. The maximum Gasteiger partial charge on any atom is 0.164 e. The Kier molecular flexibility index (Phi) is 3.41. The molecular formula is C45H35N3. The van der Waals surface area contributed by atoms with Crippen LogP contribution in [0.4, 0.5) is 0 Å². The number of fused-ring (bicyclic) bond motifs is 5. The Hall–Kier alpha value is -5.67. The maximum absolute atomic E-state index is 9.77. The van der Waals surface area contributed by atoms with Crippen molar-refractivity contribution < 1.29 is 30.2 Å². The van der Waals surface area contributed by atoms with Crippen molar-refractivity contribution in [3.05, 3.63) is 162 Å². The van der Waals surface area contributed by atoms with Gasteiger partial charge >= 0.3 is 0 Å². The molecule has 0 bridgehead atoms. The lowest BCUT2D eigenvalue weighted by molar-refractivity contribution is 0.353. The first-order valence-corrected chi connectivity index (χ1v) is 15.1. The highest BCUT2D eigenvalue weighted by atomic mass is 15.0. The molecule has 2 aliphatic carbocycles. The smallest absolute Gasteiger partial charge is 0.164 e. The second-order valence-electron chi connectivity index (χ2n) is 11.1. The van der Waals surface area contributed by atoms with Crippen molar-refractivity contribution in [1.29, 1.82) is 0 Å². The minimum Gasteiger partial charge on any atom is -0.208 e. The fourth-order valence-corrected chi connectivity index (χ4v) is 6.23. The predicted octanol–water partition coefficient (Wildman–Crippen LogP) is 11.4. The van der Waals surface area contributed by atoms with E-state index in [0.717, 1.165) is 0 Å². The van der Waals surface area contributed by atoms with Crippen LogP contribution >= 0.6 is 0 Å². The van der Waals surface area contributed by atoms with Crippen molar-refractivity contribution in [2.24, 2.45) is 0 Å². The van der Waals surface area contributed by atoms with Crippen LogP contribution in [0.3, 0.4) is 0 Å². The van der Waals surface area contributed by atoms with Crippen LogP contribution in [0.15, 0.2) is 151 Å². The Morgan fingerprint density at radius 1 is 0.458 bits per heavy atom. The molecule has 0 saturated heterocycles. The molecule has 6 aromatic carbocycles. The van der Waals surface area contributed by atoms with E-state index < -0.39 is 172 Å². The zero-order valence-electron chi connectivity index (χ0n) is 47.0. The maximum atomic E-state index is 9.77. The third-order valence-corrected chi connectivity index (χ3v) is 8.34. The highest BCUT2D eigenvalue weighted by Gasteiger charge is 2.43. The third kappa shape index (κ3) is 4.86. The number of nitrogens with zero attached hydrogens (tertiary/aromatic N) is 3. The molecule has 0 radical (unpaired) electrons. The van der Waals surface area contributed by atoms with Crippen LogP contribution in [0.1, 0.15) is 73.3 Å². The van der Waals surface area contributed by atoms with Crippen LogP contribution in [0, 0.1) is 0 Å². The van der Waals surface area contributed by atoms with Crippen molar-refractivity contribution in [2.45, 2.75) is 37.4 Å². The highest BCUT2D eigenvalue weighted by molar-refractivity contribution is 5.87. The molecule has 1 spiro atoms. The van der Waals surface area contributed by atoms with Gasteiger partial charge in [-0.15, -0.1) is 0 Å². The van der Waals surface area contributed by atoms with Crippen molar-refractivity contribution in [3.63, 3.8) is 0 Å². The van der Waals surface area contributed by atoms with E-state index >= 15 is 0 Å². The summed E-state index contributed by atoms with van der Waals surface area (Å²) in [5, 5.41) is 0. The number of rotatable bonds is 5. The van der Waals surface area contributed by atoms with Crippen LogP contribution in [0.2, 0.25) is 0 Å². The molecule has 1 aromatic heterocycles. The minimum absolute atomic E-state index is 0.00547. The summed E-state index contributed by atoms with van der Waals surface area (Å²) in [5.74, 6) is -2.34. The fraction of sp³-hybridized carbons (Fsp3) is 0.133. The summed E-state index contributed by atoms with van der Waals surface area (Å²) in [4.78, 5) is 13.0. The third-order valence-electron chi connectivity index (χ3n) is 8.34. The summed E-state index contributed by atoms with van der Waals surface area (Å²) in [5.41, 5.74) is -3.93. The molecule has 1 heterocycles. The van der Waals surface area contributed by atoms with E-state index in [0.29, 0.717) is 16.7 Å². The van der Waals surface area contributed by atoms with Crippen LogP contribution in [-0.4, -0.2) is 15.0 Å². The van der Waals surface area contributed by atoms with Crippen LogP contribution in [0.25, 0.3) is 67.5 Å². The summed E-state index contributed by atoms with van der Waals surface area (Å²) >= 11 is 0. The lowest BCUT2D eigenvalue weighted by atomic mass is 9.67. The van der Waals surface area contributed by atoms with Crippen LogP contribution in [-0.2, 0) is 5.41 Å². The summed E-state index contributed by atoms with van der Waals surface area (Å²) in [7, 11) is 0. The summed E-state index contributed by atoms with van der Waals surface area (Å²) < 4.78 is 196. The standard InChI is InChI=1S/C45H35N3/c1-4-15-31(16-5-1)42-46-43(32-17-6-2-7-18-32)48-44(47-42)39-23-9-8-21-36(39)35-20-14-19-33(29-35)34-25-26-38-37-22-10-11-24-40(37)45(41(38)30-34)27-12-3-13-28-45/h1-2,4-11,14-26,29-30H,3,12-13,27-28H2/i1D,2D,4D,5D,6D,7D,8D,9D,14D,15D,16D,17D,18D,19D,20D,21D,23D,27D2,28D2,29D. The second-order valence-corrected chi connectivity index (χ2v) is 11.1. The molecule has 7 aromatic rings. The van der Waals surface area contributed by atoms with Crippen LogP contribution in [0.5, 0.6) is 0 Å². The monoisotopic (exact) mass is 639 g/mol. The average molecular weight is 640 g/mol. The second kappa shape index (κ2) is 11.8. The van der Waals surface area contributed by atoms with Crippen LogP contribution < -0.4 is 0 Å². The van der Waals surface area contributed by atoms with Gasteiger partial charge in [-0.05, 0) is 69.4 Å². The summed E-state index contributed by atoms with van der Waals surface area (Å²) in [6.45, 7) is 0. The number of hydrogen-bond acceptors (Lipinski definition) is 3. The molecule has 0 N–H and O–H groups in total. The topological polar surface area (TPSA) is 38.7 Å². The van der Waals surface area contributed by atoms with Gasteiger partial charge < -0.3 is 0 Å². The van der Waals surface area contributed by atoms with Crippen molar-refractivity contribution in [3.8, 4) is 67.5 Å². The Morgan fingerprint density at radius 2 is 1.04 bits per heavy atom. The molecule has 3 nitrogen and oxygen atoms in total. The average Bonchev–Trinajstić information content (AvgIpc) is 3.63. The fourth-order valence-electron chi connectivity index (χ4n) is 6.23. The van der Waals surface area contributed by atoms with Gasteiger partial charge in [0.2, 0.25) is 0 Å². The first-order valence-electron chi connectivity index (χ1n) is 26.1. The number of aromatic nitrogens is 3. The van der Waals surface area contributed by atoms with Gasteiger partial charge in [0.05, 0.1) is 24.7 Å². The van der Waals surface area contributed by atoms with Crippen molar-refractivity contribution >= 4 is 0 Å². The molecule has 48 heavy (non-hydrogen) atoms. The molecule has 230 valence electrons. The van der Waals surface area contributed by atoms with E-state index in [1.165, 1.54) is 12.1 Å². The van der Waals surface area contributed by atoms with Crippen molar-refractivity contribution in [2.75, 3.05) is 0 Å². The molecule has 0 unspecified atom stereocenters. The van der Waals surface area contributed by atoms with E-state index in [1.807, 2.05) is 0 Å². The van der Waals surface area contributed by atoms with E-state index in [1.54, 1.807) is 30.3 Å². The van der Waals surface area contributed by atoms with E-state index in [2.05, 4.69) is 15.0 Å². The molecule has 1 fully saturated rings. The quantitative estimate of drug-likeness (QED) is 0.188. The predicted molar refractivity (Wildman–Crippen MR) is 196 cm³/mol. The largest absolute Gasteiger partial charge is 0.208 e. The van der Waals surface area contributed by atoms with Gasteiger partial charge in [0.1, 0.15) is 0 Å². The Labute approximate surface area is 313 Å². The molecule has 9 rings (SSSR count). The Bertz CT molecular complexity index is 3320. The van der Waals surface area contributed by atoms with Gasteiger partial charge in [-0.2, -0.15) is 0 Å².